The molecule has 0 saturated heterocycles. The molecule has 6 nitrogen and oxygen atoms in total. The number of aryl methyl sites for hydroxylation is 1. The van der Waals surface area contributed by atoms with Gasteiger partial charge in [0.05, 0.1) is 7.11 Å². The van der Waals surface area contributed by atoms with E-state index in [0.29, 0.717) is 18.1 Å². The summed E-state index contributed by atoms with van der Waals surface area (Å²) < 4.78 is 10.1. The molecule has 0 bridgehead atoms. The Hall–Kier alpha value is -2.50. The van der Waals surface area contributed by atoms with E-state index in [2.05, 4.69) is 27.9 Å². The summed E-state index contributed by atoms with van der Waals surface area (Å²) in [5.74, 6) is 1.92. The second-order valence-electron chi connectivity index (χ2n) is 5.64. The van der Waals surface area contributed by atoms with E-state index in [1.165, 1.54) is 5.56 Å². The number of carbonyl (C=O) groups excluding carboxylic acids is 1. The van der Waals surface area contributed by atoms with Crippen molar-refractivity contribution in [1.82, 2.24) is 10.5 Å². The molecule has 2 N–H and O–H groups in total. The van der Waals surface area contributed by atoms with Crippen LogP contribution in [0.5, 0.6) is 5.75 Å². The second kappa shape index (κ2) is 5.71. The quantitative estimate of drug-likeness (QED) is 0.890. The Labute approximate surface area is 128 Å². The van der Waals surface area contributed by atoms with Gasteiger partial charge in [0.2, 0.25) is 0 Å². The van der Waals surface area contributed by atoms with Crippen LogP contribution < -0.4 is 15.4 Å². The fourth-order valence-electron chi connectivity index (χ4n) is 2.50. The number of urea groups is 1. The number of carbonyl (C=O) groups is 1. The molecule has 6 heteroatoms. The number of amides is 2. The summed E-state index contributed by atoms with van der Waals surface area (Å²) in [7, 11) is 1.65. The van der Waals surface area contributed by atoms with E-state index in [1.807, 2.05) is 12.1 Å². The van der Waals surface area contributed by atoms with Gasteiger partial charge in [-0.15, -0.1) is 0 Å². The maximum atomic E-state index is 11.9. The molecular formula is C16H19N3O3. The average molecular weight is 301 g/mol. The number of aromatic nitrogens is 1. The minimum absolute atomic E-state index is 0.0450. The number of nitrogens with zero attached hydrogens (tertiary/aromatic N) is 1. The predicted molar refractivity (Wildman–Crippen MR) is 82.2 cm³/mol. The van der Waals surface area contributed by atoms with Gasteiger partial charge in [-0.1, -0.05) is 17.3 Å². The lowest BCUT2D eigenvalue weighted by molar-refractivity contribution is 0.251. The number of hydrogen-bond donors (Lipinski definition) is 2. The summed E-state index contributed by atoms with van der Waals surface area (Å²) in [6.07, 6.45) is 2.14. The first-order chi connectivity index (χ1) is 10.6. The standard InChI is InChI=1S/C16H19N3O3/c1-11-9-14(19-22-11)18-15(20)17-10-16(7-8-16)12-3-5-13(21-2)6-4-12/h3-6,9H,7-8,10H2,1-2H3,(H2,17,18,19,20). The van der Waals surface area contributed by atoms with Crippen LogP contribution in [-0.4, -0.2) is 24.8 Å². The molecule has 116 valence electrons. The number of ether oxygens (including phenoxy) is 1. The van der Waals surface area contributed by atoms with E-state index in [4.69, 9.17) is 9.26 Å². The van der Waals surface area contributed by atoms with Crippen LogP contribution in [0.15, 0.2) is 34.9 Å². The number of rotatable bonds is 5. The Bertz CT molecular complexity index is 660. The lowest BCUT2D eigenvalue weighted by Crippen LogP contribution is -2.35. The first-order valence-electron chi connectivity index (χ1n) is 7.24. The number of benzene rings is 1. The second-order valence-corrected chi connectivity index (χ2v) is 5.64. The summed E-state index contributed by atoms with van der Waals surface area (Å²) in [6.45, 7) is 2.38. The van der Waals surface area contributed by atoms with E-state index in [-0.39, 0.29) is 11.4 Å². The van der Waals surface area contributed by atoms with Gasteiger partial charge >= 0.3 is 6.03 Å². The maximum absolute atomic E-state index is 11.9. The highest BCUT2D eigenvalue weighted by atomic mass is 16.5. The van der Waals surface area contributed by atoms with E-state index >= 15 is 0 Å². The van der Waals surface area contributed by atoms with Crippen LogP contribution in [0.1, 0.15) is 24.2 Å². The molecule has 0 atom stereocenters. The Balaban J connectivity index is 1.56. The smallest absolute Gasteiger partial charge is 0.320 e. The van der Waals surface area contributed by atoms with Gasteiger partial charge in [0.1, 0.15) is 11.5 Å². The first-order valence-corrected chi connectivity index (χ1v) is 7.24. The van der Waals surface area contributed by atoms with Crippen LogP contribution >= 0.6 is 0 Å². The van der Waals surface area contributed by atoms with Crippen molar-refractivity contribution in [1.29, 1.82) is 0 Å². The molecule has 1 aromatic heterocycles. The van der Waals surface area contributed by atoms with Crippen molar-refractivity contribution in [2.24, 2.45) is 0 Å². The third kappa shape index (κ3) is 3.05. The monoisotopic (exact) mass is 301 g/mol. The molecule has 1 saturated carbocycles. The molecular weight excluding hydrogens is 282 g/mol. The lowest BCUT2D eigenvalue weighted by Gasteiger charge is -2.17. The molecule has 0 radical (unpaired) electrons. The largest absolute Gasteiger partial charge is 0.497 e. The zero-order valence-corrected chi connectivity index (χ0v) is 12.7. The molecule has 0 unspecified atom stereocenters. The summed E-state index contributed by atoms with van der Waals surface area (Å²) in [5, 5.41) is 9.30. The molecule has 3 rings (SSSR count). The third-order valence-corrected chi connectivity index (χ3v) is 4.01. The van der Waals surface area contributed by atoms with E-state index < -0.39 is 0 Å². The number of hydrogen-bond acceptors (Lipinski definition) is 4. The van der Waals surface area contributed by atoms with E-state index in [1.54, 1.807) is 20.1 Å². The normalized spacial score (nSPS) is 15.2. The Morgan fingerprint density at radius 2 is 2.09 bits per heavy atom. The molecule has 0 spiro atoms. The highest BCUT2D eigenvalue weighted by Gasteiger charge is 2.44. The zero-order chi connectivity index (χ0) is 15.6. The maximum Gasteiger partial charge on any atom is 0.320 e. The fourth-order valence-corrected chi connectivity index (χ4v) is 2.50. The van der Waals surface area contributed by atoms with Gasteiger partial charge < -0.3 is 14.6 Å². The number of methoxy groups -OCH3 is 1. The highest BCUT2D eigenvalue weighted by Crippen LogP contribution is 2.47. The molecule has 22 heavy (non-hydrogen) atoms. The Kier molecular flexibility index (Phi) is 3.75. The van der Waals surface area contributed by atoms with Crippen LogP contribution in [0.3, 0.4) is 0 Å². The van der Waals surface area contributed by atoms with E-state index in [0.717, 1.165) is 18.6 Å². The zero-order valence-electron chi connectivity index (χ0n) is 12.7. The molecule has 1 aliphatic carbocycles. The lowest BCUT2D eigenvalue weighted by atomic mass is 9.96. The summed E-state index contributed by atoms with van der Waals surface area (Å²) in [6, 6.07) is 9.43. The fraction of sp³-hybridized carbons (Fsp3) is 0.375. The minimum atomic E-state index is -0.270. The summed E-state index contributed by atoms with van der Waals surface area (Å²) >= 11 is 0. The third-order valence-electron chi connectivity index (χ3n) is 4.01. The number of nitrogens with one attached hydrogen (secondary N) is 2. The van der Waals surface area contributed by atoms with Crippen LogP contribution in [0.4, 0.5) is 10.6 Å². The van der Waals surface area contributed by atoms with Gasteiger partial charge in [-0.05, 0) is 37.5 Å². The van der Waals surface area contributed by atoms with Crippen LogP contribution in [0.2, 0.25) is 0 Å². The van der Waals surface area contributed by atoms with Crippen molar-refractivity contribution in [3.8, 4) is 5.75 Å². The molecule has 1 heterocycles. The topological polar surface area (TPSA) is 76.4 Å². The van der Waals surface area contributed by atoms with Crippen molar-refractivity contribution in [2.75, 3.05) is 19.0 Å². The van der Waals surface area contributed by atoms with E-state index in [9.17, 15) is 4.79 Å². The average Bonchev–Trinajstić information content (AvgIpc) is 3.22. The van der Waals surface area contributed by atoms with Gasteiger partial charge in [-0.2, -0.15) is 0 Å². The predicted octanol–water partition coefficient (Wildman–Crippen LogP) is 2.84. The SMILES string of the molecule is COc1ccc(C2(CNC(=O)Nc3cc(C)on3)CC2)cc1. The first kappa shape index (κ1) is 14.4. The number of anilines is 1. The van der Waals surface area contributed by atoms with Crippen molar-refractivity contribution in [3.63, 3.8) is 0 Å². The molecule has 1 aliphatic rings. The van der Waals surface area contributed by atoms with Gasteiger partial charge in [-0.3, -0.25) is 5.32 Å². The van der Waals surface area contributed by atoms with Crippen LogP contribution in [0, 0.1) is 6.92 Å². The van der Waals surface area contributed by atoms with Gasteiger partial charge in [0, 0.05) is 18.0 Å². The Morgan fingerprint density at radius 3 is 2.64 bits per heavy atom. The summed E-state index contributed by atoms with van der Waals surface area (Å²) in [4.78, 5) is 11.9. The van der Waals surface area contributed by atoms with Crippen molar-refractivity contribution < 1.29 is 14.1 Å². The van der Waals surface area contributed by atoms with Crippen LogP contribution in [0.25, 0.3) is 0 Å². The molecule has 2 aromatic rings. The van der Waals surface area contributed by atoms with Crippen LogP contribution in [-0.2, 0) is 5.41 Å². The molecule has 2 amide bonds. The molecule has 0 aliphatic heterocycles. The Morgan fingerprint density at radius 1 is 1.36 bits per heavy atom. The van der Waals surface area contributed by atoms with Gasteiger partial charge in [0.25, 0.3) is 0 Å². The highest BCUT2D eigenvalue weighted by molar-refractivity contribution is 5.88. The van der Waals surface area contributed by atoms with Crippen molar-refractivity contribution in [3.05, 3.63) is 41.7 Å². The minimum Gasteiger partial charge on any atom is -0.497 e. The van der Waals surface area contributed by atoms with Gasteiger partial charge in [-0.25, -0.2) is 4.79 Å². The molecule has 1 fully saturated rings. The van der Waals surface area contributed by atoms with Crippen molar-refractivity contribution >= 4 is 11.8 Å². The summed E-state index contributed by atoms with van der Waals surface area (Å²) in [5.41, 5.74) is 1.27. The molecule has 1 aromatic carbocycles. The van der Waals surface area contributed by atoms with Gasteiger partial charge in [0.15, 0.2) is 5.82 Å². The van der Waals surface area contributed by atoms with Crippen molar-refractivity contribution in [2.45, 2.75) is 25.2 Å².